The largest absolute Gasteiger partial charge is 0.497 e. The standard InChI is InChI=1S/C26H26FNO5/c1-30-20-7-9-21(10-8-20)33-16-23-22-15-25(32-3)24(31-2)14-17(22)11-12-28(23)26(29)18-5-4-6-19(27)13-18/h4-10,13-15,23H,11-12,16H2,1-3H3. The summed E-state index contributed by atoms with van der Waals surface area (Å²) in [6.45, 7) is 0.685. The van der Waals surface area contributed by atoms with E-state index in [0.717, 1.165) is 16.9 Å². The average molecular weight is 451 g/mol. The second-order valence-corrected chi connectivity index (χ2v) is 7.67. The van der Waals surface area contributed by atoms with Crippen molar-refractivity contribution in [3.63, 3.8) is 0 Å². The van der Waals surface area contributed by atoms with Crippen LogP contribution in [0.3, 0.4) is 0 Å². The fraction of sp³-hybridized carbons (Fsp3) is 0.269. The second-order valence-electron chi connectivity index (χ2n) is 7.67. The first kappa shape index (κ1) is 22.5. The fourth-order valence-electron chi connectivity index (χ4n) is 4.09. The number of hydrogen-bond acceptors (Lipinski definition) is 5. The van der Waals surface area contributed by atoms with Crippen LogP contribution in [0.25, 0.3) is 0 Å². The summed E-state index contributed by atoms with van der Waals surface area (Å²) in [7, 11) is 4.77. The molecule has 0 aliphatic carbocycles. The van der Waals surface area contributed by atoms with Crippen molar-refractivity contribution in [3.05, 3.63) is 83.2 Å². The minimum atomic E-state index is -0.448. The van der Waals surface area contributed by atoms with Gasteiger partial charge in [0.25, 0.3) is 5.91 Å². The van der Waals surface area contributed by atoms with Crippen LogP contribution >= 0.6 is 0 Å². The van der Waals surface area contributed by atoms with Gasteiger partial charge in [0.05, 0.1) is 27.4 Å². The molecular weight excluding hydrogens is 425 g/mol. The third-order valence-electron chi connectivity index (χ3n) is 5.80. The van der Waals surface area contributed by atoms with Gasteiger partial charge in [0.1, 0.15) is 23.9 Å². The highest BCUT2D eigenvalue weighted by Gasteiger charge is 2.33. The van der Waals surface area contributed by atoms with E-state index in [1.807, 2.05) is 36.4 Å². The zero-order chi connectivity index (χ0) is 23.4. The van der Waals surface area contributed by atoms with Crippen LogP contribution in [-0.2, 0) is 6.42 Å². The first-order valence-corrected chi connectivity index (χ1v) is 10.6. The molecule has 0 radical (unpaired) electrons. The summed E-state index contributed by atoms with van der Waals surface area (Å²) < 4.78 is 36.0. The number of amides is 1. The van der Waals surface area contributed by atoms with Gasteiger partial charge in [-0.3, -0.25) is 4.79 Å². The lowest BCUT2D eigenvalue weighted by Crippen LogP contribution is -2.42. The third-order valence-corrected chi connectivity index (χ3v) is 5.80. The molecule has 0 bridgehead atoms. The van der Waals surface area contributed by atoms with Crippen LogP contribution in [0.15, 0.2) is 60.7 Å². The molecule has 7 heteroatoms. The van der Waals surface area contributed by atoms with Crippen molar-refractivity contribution in [2.75, 3.05) is 34.5 Å². The van der Waals surface area contributed by atoms with E-state index in [2.05, 4.69) is 0 Å². The molecule has 0 saturated carbocycles. The summed E-state index contributed by atoms with van der Waals surface area (Å²) in [5, 5.41) is 0. The zero-order valence-corrected chi connectivity index (χ0v) is 18.8. The molecule has 33 heavy (non-hydrogen) atoms. The molecule has 0 spiro atoms. The molecule has 6 nitrogen and oxygen atoms in total. The number of carbonyl (C=O) groups is 1. The van der Waals surface area contributed by atoms with Crippen molar-refractivity contribution in [2.45, 2.75) is 12.5 Å². The molecule has 0 N–H and O–H groups in total. The van der Waals surface area contributed by atoms with Gasteiger partial charge in [0, 0.05) is 12.1 Å². The summed E-state index contributed by atoms with van der Waals surface area (Å²) in [6, 6.07) is 16.4. The first-order chi connectivity index (χ1) is 16.0. The van der Waals surface area contributed by atoms with Crippen molar-refractivity contribution >= 4 is 5.91 Å². The Bertz CT molecular complexity index is 1130. The van der Waals surface area contributed by atoms with Crippen molar-refractivity contribution in [3.8, 4) is 23.0 Å². The second kappa shape index (κ2) is 9.81. The van der Waals surface area contributed by atoms with Crippen LogP contribution in [-0.4, -0.2) is 45.3 Å². The number of rotatable bonds is 7. The lowest BCUT2D eigenvalue weighted by atomic mass is 9.91. The molecule has 1 unspecified atom stereocenters. The summed E-state index contributed by atoms with van der Waals surface area (Å²) in [6.07, 6.45) is 0.635. The predicted octanol–water partition coefficient (Wildman–Crippen LogP) is 4.67. The van der Waals surface area contributed by atoms with Gasteiger partial charge in [-0.25, -0.2) is 4.39 Å². The van der Waals surface area contributed by atoms with Gasteiger partial charge in [-0.05, 0) is 72.1 Å². The third kappa shape index (κ3) is 4.72. The molecule has 1 aliphatic rings. The number of halogens is 1. The Kier molecular flexibility index (Phi) is 6.68. The molecule has 1 aliphatic heterocycles. The van der Waals surface area contributed by atoms with Crippen molar-refractivity contribution in [1.82, 2.24) is 4.90 Å². The van der Waals surface area contributed by atoms with E-state index in [1.54, 1.807) is 32.3 Å². The lowest BCUT2D eigenvalue weighted by molar-refractivity contribution is 0.0589. The number of carbonyl (C=O) groups excluding carboxylic acids is 1. The van der Waals surface area contributed by atoms with Gasteiger partial charge in [-0.2, -0.15) is 0 Å². The van der Waals surface area contributed by atoms with Crippen molar-refractivity contribution < 1.29 is 28.1 Å². The molecule has 172 valence electrons. The van der Waals surface area contributed by atoms with Crippen LogP contribution in [0.5, 0.6) is 23.0 Å². The summed E-state index contributed by atoms with van der Waals surface area (Å²) >= 11 is 0. The van der Waals surface area contributed by atoms with Gasteiger partial charge >= 0.3 is 0 Å². The van der Waals surface area contributed by atoms with E-state index in [-0.39, 0.29) is 12.5 Å². The Balaban J connectivity index is 1.69. The SMILES string of the molecule is COc1ccc(OCC2c3cc(OC)c(OC)cc3CCN2C(=O)c2cccc(F)c2)cc1. The molecule has 0 fully saturated rings. The van der Waals surface area contributed by atoms with Gasteiger partial charge in [0.2, 0.25) is 0 Å². The first-order valence-electron chi connectivity index (χ1n) is 10.6. The molecule has 1 atom stereocenters. The van der Waals surface area contributed by atoms with E-state index in [1.165, 1.54) is 18.2 Å². The molecule has 4 rings (SSSR count). The zero-order valence-electron chi connectivity index (χ0n) is 18.8. The van der Waals surface area contributed by atoms with Gasteiger partial charge in [0.15, 0.2) is 11.5 Å². The lowest BCUT2D eigenvalue weighted by Gasteiger charge is -2.37. The maximum Gasteiger partial charge on any atom is 0.254 e. The Hall–Kier alpha value is -3.74. The highest BCUT2D eigenvalue weighted by molar-refractivity contribution is 5.94. The summed E-state index contributed by atoms with van der Waals surface area (Å²) in [5.74, 6) is 1.89. The van der Waals surface area contributed by atoms with E-state index < -0.39 is 11.9 Å². The maximum absolute atomic E-state index is 13.8. The Labute approximate surface area is 192 Å². The van der Waals surface area contributed by atoms with Crippen LogP contribution < -0.4 is 18.9 Å². The molecule has 3 aromatic rings. The van der Waals surface area contributed by atoms with Crippen LogP contribution in [0.2, 0.25) is 0 Å². The number of hydrogen-bond donors (Lipinski definition) is 0. The quantitative estimate of drug-likeness (QED) is 0.523. The average Bonchev–Trinajstić information content (AvgIpc) is 2.86. The topological polar surface area (TPSA) is 57.2 Å². The number of fused-ring (bicyclic) bond motifs is 1. The molecule has 0 aromatic heterocycles. The van der Waals surface area contributed by atoms with Crippen LogP contribution in [0.4, 0.5) is 4.39 Å². The van der Waals surface area contributed by atoms with E-state index >= 15 is 0 Å². The van der Waals surface area contributed by atoms with Gasteiger partial charge < -0.3 is 23.8 Å². The smallest absolute Gasteiger partial charge is 0.254 e. The summed E-state index contributed by atoms with van der Waals surface area (Å²) in [4.78, 5) is 15.1. The Morgan fingerprint density at radius 1 is 0.939 bits per heavy atom. The van der Waals surface area contributed by atoms with Gasteiger partial charge in [-0.15, -0.1) is 0 Å². The number of ether oxygens (including phenoxy) is 4. The Morgan fingerprint density at radius 3 is 2.30 bits per heavy atom. The fourth-order valence-corrected chi connectivity index (χ4v) is 4.09. The molecule has 1 amide bonds. The van der Waals surface area contributed by atoms with E-state index in [9.17, 15) is 9.18 Å². The minimum absolute atomic E-state index is 0.218. The number of benzene rings is 3. The van der Waals surface area contributed by atoms with Crippen LogP contribution in [0.1, 0.15) is 27.5 Å². The minimum Gasteiger partial charge on any atom is -0.497 e. The highest BCUT2D eigenvalue weighted by Crippen LogP contribution is 2.39. The summed E-state index contributed by atoms with van der Waals surface area (Å²) in [5.41, 5.74) is 2.27. The maximum atomic E-state index is 13.8. The van der Waals surface area contributed by atoms with Crippen LogP contribution in [0, 0.1) is 5.82 Å². The molecule has 1 heterocycles. The van der Waals surface area contributed by atoms with Gasteiger partial charge in [-0.1, -0.05) is 6.07 Å². The van der Waals surface area contributed by atoms with Crippen molar-refractivity contribution in [1.29, 1.82) is 0 Å². The molecule has 0 saturated heterocycles. The molecular formula is C26H26FNO5. The predicted molar refractivity (Wildman–Crippen MR) is 122 cm³/mol. The normalized spacial score (nSPS) is 14.9. The highest BCUT2D eigenvalue weighted by atomic mass is 19.1. The monoisotopic (exact) mass is 451 g/mol. The Morgan fingerprint density at radius 2 is 1.64 bits per heavy atom. The molecule has 3 aromatic carbocycles. The van der Waals surface area contributed by atoms with Crippen molar-refractivity contribution in [2.24, 2.45) is 0 Å². The van der Waals surface area contributed by atoms with E-state index in [4.69, 9.17) is 18.9 Å². The van der Waals surface area contributed by atoms with E-state index in [0.29, 0.717) is 35.8 Å². The number of nitrogens with zero attached hydrogens (tertiary/aromatic N) is 1. The number of methoxy groups -OCH3 is 3.